The first kappa shape index (κ1) is 31.1. The molecular weight excluding hydrogens is 597 g/mol. The minimum absolute atomic E-state index is 0.0224. The molecule has 3 N–H and O–H groups in total. The van der Waals surface area contributed by atoms with E-state index >= 15 is 0 Å². The van der Waals surface area contributed by atoms with Crippen molar-refractivity contribution in [1.29, 1.82) is 0 Å². The maximum Gasteiger partial charge on any atom is 0.434 e. The number of hydrogen-bond acceptors (Lipinski definition) is 7. The molecule has 0 radical (unpaired) electrons. The van der Waals surface area contributed by atoms with Crippen molar-refractivity contribution in [1.82, 2.24) is 19.9 Å². The fourth-order valence-corrected chi connectivity index (χ4v) is 5.84. The van der Waals surface area contributed by atoms with E-state index in [0.29, 0.717) is 36.6 Å². The standard InChI is InChI=1S/C30H31F3N6O4S/c1-17(2)35-29(42)38-25-13-20(28-37-24(16-44-28)30(31,32)33)22(14-34-25)36-27(41)21-15-39(10-7-18-8-11-43-12-9-18)23-6-4-3-5-19(23)26(21)40/h3-6,13-18H,7-12H2,1-2H3,(H,36,41)(H2,34,35,38,42). The van der Waals surface area contributed by atoms with Gasteiger partial charge >= 0.3 is 12.2 Å². The second kappa shape index (κ2) is 13.1. The Morgan fingerprint density at radius 3 is 2.61 bits per heavy atom. The molecule has 10 nitrogen and oxygen atoms in total. The molecular formula is C30H31F3N6O4S. The molecule has 44 heavy (non-hydrogen) atoms. The number of aromatic nitrogens is 3. The number of alkyl halides is 3. The number of benzene rings is 1. The molecule has 1 fully saturated rings. The van der Waals surface area contributed by atoms with Gasteiger partial charge in [0, 0.05) is 48.3 Å². The Morgan fingerprint density at radius 2 is 1.91 bits per heavy atom. The zero-order chi connectivity index (χ0) is 31.4. The van der Waals surface area contributed by atoms with Gasteiger partial charge in [-0.2, -0.15) is 13.2 Å². The molecule has 1 saturated heterocycles. The highest BCUT2D eigenvalue weighted by atomic mass is 32.1. The number of ether oxygens (including phenoxy) is 1. The normalized spacial score (nSPS) is 14.1. The smallest absolute Gasteiger partial charge is 0.381 e. The van der Waals surface area contributed by atoms with Gasteiger partial charge in [0.1, 0.15) is 16.4 Å². The number of hydrogen-bond donors (Lipinski definition) is 3. The van der Waals surface area contributed by atoms with Gasteiger partial charge in [-0.25, -0.2) is 14.8 Å². The summed E-state index contributed by atoms with van der Waals surface area (Å²) >= 11 is 0.719. The van der Waals surface area contributed by atoms with Crippen LogP contribution in [0.1, 0.15) is 49.2 Å². The molecule has 0 bridgehead atoms. The number of nitrogens with zero attached hydrogens (tertiary/aromatic N) is 3. The van der Waals surface area contributed by atoms with Crippen molar-refractivity contribution in [3.63, 3.8) is 0 Å². The molecule has 0 atom stereocenters. The zero-order valence-corrected chi connectivity index (χ0v) is 24.8. The molecule has 0 unspecified atom stereocenters. The fourth-order valence-electron chi connectivity index (χ4n) is 4.98. The molecule has 5 rings (SSSR count). The molecule has 14 heteroatoms. The summed E-state index contributed by atoms with van der Waals surface area (Å²) < 4.78 is 47.4. The molecule has 4 heterocycles. The number of aryl methyl sites for hydroxylation is 1. The van der Waals surface area contributed by atoms with Crippen LogP contribution in [0.3, 0.4) is 0 Å². The number of nitrogens with one attached hydrogen (secondary N) is 3. The highest BCUT2D eigenvalue weighted by Gasteiger charge is 2.34. The number of rotatable bonds is 8. The average Bonchev–Trinajstić information content (AvgIpc) is 3.49. The van der Waals surface area contributed by atoms with Crippen LogP contribution in [-0.2, 0) is 17.5 Å². The Morgan fingerprint density at radius 1 is 1.16 bits per heavy atom. The van der Waals surface area contributed by atoms with Crippen molar-refractivity contribution in [3.05, 3.63) is 69.6 Å². The first-order chi connectivity index (χ1) is 21.0. The minimum Gasteiger partial charge on any atom is -0.381 e. The number of pyridine rings is 2. The Hall–Kier alpha value is -4.30. The minimum atomic E-state index is -4.68. The van der Waals surface area contributed by atoms with Crippen molar-refractivity contribution >= 4 is 45.7 Å². The monoisotopic (exact) mass is 628 g/mol. The fraction of sp³-hybridized carbons (Fsp3) is 0.367. The lowest BCUT2D eigenvalue weighted by atomic mass is 9.96. The van der Waals surface area contributed by atoms with Crippen LogP contribution in [0.25, 0.3) is 21.5 Å². The van der Waals surface area contributed by atoms with E-state index in [-0.39, 0.29) is 33.7 Å². The summed E-state index contributed by atoms with van der Waals surface area (Å²) in [6, 6.07) is 7.60. The Balaban J connectivity index is 1.49. The molecule has 1 aromatic carbocycles. The van der Waals surface area contributed by atoms with Gasteiger partial charge in [0.25, 0.3) is 5.91 Å². The molecule has 3 amide bonds. The van der Waals surface area contributed by atoms with Crippen molar-refractivity contribution in [3.8, 4) is 10.6 Å². The van der Waals surface area contributed by atoms with Gasteiger partial charge in [0.05, 0.1) is 17.4 Å². The van der Waals surface area contributed by atoms with Gasteiger partial charge < -0.3 is 19.9 Å². The van der Waals surface area contributed by atoms with Crippen LogP contribution < -0.4 is 21.4 Å². The van der Waals surface area contributed by atoms with E-state index in [2.05, 4.69) is 25.9 Å². The summed E-state index contributed by atoms with van der Waals surface area (Å²) in [6.45, 7) is 5.52. The summed E-state index contributed by atoms with van der Waals surface area (Å²) in [6.07, 6.45) is 0.775. The van der Waals surface area contributed by atoms with Crippen LogP contribution in [0.2, 0.25) is 0 Å². The molecule has 1 aliphatic rings. The SMILES string of the molecule is CC(C)NC(=O)Nc1cc(-c2nc(C(F)(F)F)cs2)c(NC(=O)c2cn(CCC3CCOCC3)c3ccccc3c2=O)cn1. The summed E-state index contributed by atoms with van der Waals surface area (Å²) in [5.74, 6) is -0.266. The zero-order valence-electron chi connectivity index (χ0n) is 24.0. The van der Waals surface area contributed by atoms with Crippen molar-refractivity contribution in [2.75, 3.05) is 23.8 Å². The Kier molecular flexibility index (Phi) is 9.30. The summed E-state index contributed by atoms with van der Waals surface area (Å²) in [5, 5.41) is 8.99. The highest BCUT2D eigenvalue weighted by molar-refractivity contribution is 7.13. The lowest BCUT2D eigenvalue weighted by Crippen LogP contribution is -2.34. The van der Waals surface area contributed by atoms with Crippen LogP contribution in [0.5, 0.6) is 0 Å². The van der Waals surface area contributed by atoms with E-state index in [1.807, 2.05) is 16.7 Å². The number of carbonyl (C=O) groups excluding carboxylic acids is 2. The van der Waals surface area contributed by atoms with Crippen molar-refractivity contribution in [2.45, 2.75) is 51.9 Å². The van der Waals surface area contributed by atoms with E-state index in [4.69, 9.17) is 4.74 Å². The predicted molar refractivity (Wildman–Crippen MR) is 162 cm³/mol. The molecule has 4 aromatic rings. The van der Waals surface area contributed by atoms with E-state index in [0.717, 1.165) is 36.0 Å². The third-order valence-electron chi connectivity index (χ3n) is 7.19. The first-order valence-electron chi connectivity index (χ1n) is 14.1. The van der Waals surface area contributed by atoms with Gasteiger partial charge in [-0.05, 0) is 57.2 Å². The predicted octanol–water partition coefficient (Wildman–Crippen LogP) is 6.14. The molecule has 0 spiro atoms. The largest absolute Gasteiger partial charge is 0.434 e. The number of carbonyl (C=O) groups is 2. The maximum atomic E-state index is 13.6. The van der Waals surface area contributed by atoms with Crippen LogP contribution in [0.4, 0.5) is 29.5 Å². The second-order valence-electron chi connectivity index (χ2n) is 10.8. The molecule has 232 valence electrons. The molecule has 1 aliphatic heterocycles. The van der Waals surface area contributed by atoms with Crippen molar-refractivity contribution < 1.29 is 27.5 Å². The van der Waals surface area contributed by atoms with Gasteiger partial charge in [-0.1, -0.05) is 12.1 Å². The molecule has 0 aliphatic carbocycles. The Labute approximate surface area is 254 Å². The highest BCUT2D eigenvalue weighted by Crippen LogP contribution is 2.37. The number of anilines is 2. The van der Waals surface area contributed by atoms with Crippen LogP contribution in [0, 0.1) is 5.92 Å². The number of amides is 3. The number of para-hydroxylation sites is 1. The van der Waals surface area contributed by atoms with Crippen molar-refractivity contribution in [2.24, 2.45) is 5.92 Å². The van der Waals surface area contributed by atoms with Crippen LogP contribution in [-0.4, -0.2) is 45.7 Å². The number of urea groups is 1. The quantitative estimate of drug-likeness (QED) is 0.215. The van der Waals surface area contributed by atoms with E-state index < -0.39 is 29.2 Å². The van der Waals surface area contributed by atoms with E-state index in [9.17, 15) is 27.6 Å². The van der Waals surface area contributed by atoms with Gasteiger partial charge in [-0.15, -0.1) is 11.3 Å². The van der Waals surface area contributed by atoms with Gasteiger partial charge in [0.2, 0.25) is 5.43 Å². The van der Waals surface area contributed by atoms with Gasteiger partial charge in [0.15, 0.2) is 5.69 Å². The third kappa shape index (κ3) is 7.25. The average molecular weight is 629 g/mol. The lowest BCUT2D eigenvalue weighted by molar-refractivity contribution is -0.140. The number of fused-ring (bicyclic) bond motifs is 1. The Bertz CT molecular complexity index is 1730. The summed E-state index contributed by atoms with van der Waals surface area (Å²) in [7, 11) is 0. The van der Waals surface area contributed by atoms with Gasteiger partial charge in [-0.3, -0.25) is 14.9 Å². The topological polar surface area (TPSA) is 127 Å². The molecule has 0 saturated carbocycles. The summed E-state index contributed by atoms with van der Waals surface area (Å²) in [4.78, 5) is 47.2. The molecule has 3 aromatic heterocycles. The van der Waals surface area contributed by atoms with Crippen LogP contribution in [0.15, 0.2) is 52.9 Å². The number of thiazole rings is 1. The summed E-state index contributed by atoms with van der Waals surface area (Å²) in [5.41, 5.74) is -0.896. The van der Waals surface area contributed by atoms with E-state index in [1.54, 1.807) is 26.0 Å². The van der Waals surface area contributed by atoms with Crippen LogP contribution >= 0.6 is 11.3 Å². The second-order valence-corrected chi connectivity index (χ2v) is 11.6. The third-order valence-corrected chi connectivity index (χ3v) is 8.07. The number of halogens is 3. The maximum absolute atomic E-state index is 13.6. The first-order valence-corrected chi connectivity index (χ1v) is 15.0. The lowest BCUT2D eigenvalue weighted by Gasteiger charge is -2.23. The van der Waals surface area contributed by atoms with E-state index in [1.165, 1.54) is 18.5 Å².